The Morgan fingerprint density at radius 1 is 1.04 bits per heavy atom. The highest BCUT2D eigenvalue weighted by molar-refractivity contribution is 6.33. The maximum atomic E-state index is 6.56. The van der Waals surface area contributed by atoms with Crippen molar-refractivity contribution in [3.8, 4) is 11.1 Å². The van der Waals surface area contributed by atoms with E-state index in [0.717, 1.165) is 59.6 Å². The molecule has 0 unspecified atom stereocenters. The van der Waals surface area contributed by atoms with E-state index in [1.165, 1.54) is 0 Å². The molecule has 0 aliphatic carbocycles. The lowest BCUT2D eigenvalue weighted by Gasteiger charge is -2.29. The molecule has 0 bridgehead atoms. The Kier molecular flexibility index (Phi) is 7.93. The largest absolute Gasteiger partial charge is 0.353 e. The number of piperazine rings is 1. The van der Waals surface area contributed by atoms with Crippen molar-refractivity contribution in [1.29, 1.82) is 0 Å². The first-order valence-electron chi connectivity index (χ1n) is 9.04. The van der Waals surface area contributed by atoms with Gasteiger partial charge in [0.15, 0.2) is 0 Å². The first-order chi connectivity index (χ1) is 12.6. The smallest absolute Gasteiger partial charge is 0.148 e. The van der Waals surface area contributed by atoms with E-state index in [2.05, 4.69) is 52.7 Å². The van der Waals surface area contributed by atoms with Crippen LogP contribution >= 0.6 is 36.4 Å². The summed E-state index contributed by atoms with van der Waals surface area (Å²) in [7, 11) is 0. The van der Waals surface area contributed by atoms with Gasteiger partial charge in [-0.05, 0) is 47.9 Å². The molecule has 3 N–H and O–H groups in total. The molecular formula is C21H25Cl3N4. The van der Waals surface area contributed by atoms with E-state index in [9.17, 15) is 0 Å². The fourth-order valence-electron chi connectivity index (χ4n) is 3.42. The molecule has 1 aliphatic rings. The zero-order chi connectivity index (χ0) is 18.1. The van der Waals surface area contributed by atoms with Crippen LogP contribution in [0.5, 0.6) is 0 Å². The fraction of sp³-hybridized carbons (Fsp3) is 0.286. The summed E-state index contributed by atoms with van der Waals surface area (Å²) in [5.74, 6) is 0.882. The van der Waals surface area contributed by atoms with Gasteiger partial charge in [-0.2, -0.15) is 0 Å². The van der Waals surface area contributed by atoms with Crippen LogP contribution in [0.15, 0.2) is 48.5 Å². The third kappa shape index (κ3) is 4.70. The predicted octanol–water partition coefficient (Wildman–Crippen LogP) is 4.83. The molecule has 1 aromatic heterocycles. The molecule has 1 saturated heterocycles. The van der Waals surface area contributed by atoms with Gasteiger partial charge >= 0.3 is 0 Å². The summed E-state index contributed by atoms with van der Waals surface area (Å²) in [5, 5.41) is 5.12. The number of anilines is 1. The Hall–Kier alpha value is -1.56. The minimum atomic E-state index is 0. The average molecular weight is 440 g/mol. The normalized spacial score (nSPS) is 14.9. The molecule has 2 aromatic carbocycles. The number of hydrogen-bond donors (Lipinski definition) is 2. The highest BCUT2D eigenvalue weighted by Crippen LogP contribution is 2.31. The quantitative estimate of drug-likeness (QED) is 0.614. The molecule has 1 fully saturated rings. The Morgan fingerprint density at radius 2 is 1.75 bits per heavy atom. The van der Waals surface area contributed by atoms with Crippen LogP contribution in [0.4, 0.5) is 5.82 Å². The van der Waals surface area contributed by atoms with Crippen LogP contribution in [0.2, 0.25) is 5.02 Å². The number of nitrogens with one attached hydrogen (secondary N) is 1. The number of halogens is 3. The van der Waals surface area contributed by atoms with Gasteiger partial charge in [-0.15, -0.1) is 24.8 Å². The predicted molar refractivity (Wildman–Crippen MR) is 124 cm³/mol. The van der Waals surface area contributed by atoms with Crippen LogP contribution < -0.4 is 16.0 Å². The van der Waals surface area contributed by atoms with E-state index < -0.39 is 0 Å². The third-order valence-corrected chi connectivity index (χ3v) is 5.19. The number of aromatic nitrogens is 1. The number of rotatable bonds is 3. The van der Waals surface area contributed by atoms with E-state index in [1.54, 1.807) is 0 Å². The molecule has 0 saturated carbocycles. The Morgan fingerprint density at radius 3 is 2.46 bits per heavy atom. The Balaban J connectivity index is 0.00000140. The molecule has 4 rings (SSSR count). The van der Waals surface area contributed by atoms with Crippen molar-refractivity contribution in [1.82, 2.24) is 10.3 Å². The molecule has 2 heterocycles. The van der Waals surface area contributed by atoms with Gasteiger partial charge < -0.3 is 16.0 Å². The summed E-state index contributed by atoms with van der Waals surface area (Å²) < 4.78 is 0. The van der Waals surface area contributed by atoms with E-state index in [-0.39, 0.29) is 30.9 Å². The number of fused-ring (bicyclic) bond motifs is 1. The second kappa shape index (κ2) is 9.77. The van der Waals surface area contributed by atoms with Crippen LogP contribution in [-0.4, -0.2) is 31.2 Å². The van der Waals surface area contributed by atoms with Crippen molar-refractivity contribution < 1.29 is 0 Å². The molecule has 150 valence electrons. The van der Waals surface area contributed by atoms with Crippen LogP contribution in [0.3, 0.4) is 0 Å². The number of benzene rings is 2. The van der Waals surface area contributed by atoms with Gasteiger partial charge in [-0.25, -0.2) is 4.98 Å². The van der Waals surface area contributed by atoms with Crippen LogP contribution in [0.25, 0.3) is 22.0 Å². The molecule has 3 aromatic rings. The standard InChI is InChI=1S/C21H23ClN4.2ClH/c1-14(23)15-3-2-4-16(11-15)17-5-6-20-18(12-17)13-19(22)21(25-20)26-9-7-24-8-10-26;;/h2-6,11-14,24H,7-10,23H2,1H3;2*1H/t14-;;/m1../s1. The molecular weight excluding hydrogens is 415 g/mol. The van der Waals surface area contributed by atoms with E-state index >= 15 is 0 Å². The number of nitrogens with zero attached hydrogens (tertiary/aromatic N) is 2. The van der Waals surface area contributed by atoms with Crippen molar-refractivity contribution in [3.05, 3.63) is 59.1 Å². The van der Waals surface area contributed by atoms with Crippen LogP contribution in [0.1, 0.15) is 18.5 Å². The van der Waals surface area contributed by atoms with Crippen LogP contribution in [-0.2, 0) is 0 Å². The second-order valence-corrected chi connectivity index (χ2v) is 7.26. The molecule has 7 heteroatoms. The molecule has 0 amide bonds. The van der Waals surface area contributed by atoms with Crippen molar-refractivity contribution in [2.75, 3.05) is 31.1 Å². The zero-order valence-electron chi connectivity index (χ0n) is 15.7. The van der Waals surface area contributed by atoms with E-state index in [0.29, 0.717) is 5.02 Å². The van der Waals surface area contributed by atoms with Crippen molar-refractivity contribution in [2.45, 2.75) is 13.0 Å². The Bertz CT molecular complexity index is 940. The summed E-state index contributed by atoms with van der Waals surface area (Å²) >= 11 is 6.56. The van der Waals surface area contributed by atoms with Gasteiger partial charge in [0.05, 0.1) is 10.5 Å². The van der Waals surface area contributed by atoms with Gasteiger partial charge in [0.25, 0.3) is 0 Å². The van der Waals surface area contributed by atoms with Gasteiger partial charge in [0, 0.05) is 37.6 Å². The second-order valence-electron chi connectivity index (χ2n) is 6.85. The lowest BCUT2D eigenvalue weighted by Crippen LogP contribution is -2.44. The monoisotopic (exact) mass is 438 g/mol. The highest BCUT2D eigenvalue weighted by atomic mass is 35.5. The molecule has 0 spiro atoms. The van der Waals surface area contributed by atoms with Crippen molar-refractivity contribution in [2.24, 2.45) is 5.73 Å². The summed E-state index contributed by atoms with van der Waals surface area (Å²) in [6, 6.07) is 16.8. The van der Waals surface area contributed by atoms with Gasteiger partial charge in [-0.3, -0.25) is 0 Å². The molecule has 4 nitrogen and oxygen atoms in total. The summed E-state index contributed by atoms with van der Waals surface area (Å²) in [4.78, 5) is 7.07. The molecule has 28 heavy (non-hydrogen) atoms. The number of pyridine rings is 1. The summed E-state index contributed by atoms with van der Waals surface area (Å²) in [6.07, 6.45) is 0. The number of nitrogens with two attached hydrogens (primary N) is 1. The lowest BCUT2D eigenvalue weighted by molar-refractivity contribution is 0.585. The molecule has 0 radical (unpaired) electrons. The van der Waals surface area contributed by atoms with Gasteiger partial charge in [0.2, 0.25) is 0 Å². The van der Waals surface area contributed by atoms with Crippen LogP contribution in [0, 0.1) is 0 Å². The Labute approximate surface area is 183 Å². The maximum Gasteiger partial charge on any atom is 0.148 e. The third-order valence-electron chi connectivity index (χ3n) is 4.91. The zero-order valence-corrected chi connectivity index (χ0v) is 18.1. The minimum absolute atomic E-state index is 0. The molecule has 1 atom stereocenters. The fourth-order valence-corrected chi connectivity index (χ4v) is 3.70. The summed E-state index contributed by atoms with van der Waals surface area (Å²) in [6.45, 7) is 5.79. The minimum Gasteiger partial charge on any atom is -0.353 e. The lowest BCUT2D eigenvalue weighted by atomic mass is 9.99. The summed E-state index contributed by atoms with van der Waals surface area (Å²) in [5.41, 5.74) is 10.4. The highest BCUT2D eigenvalue weighted by Gasteiger charge is 2.16. The van der Waals surface area contributed by atoms with Gasteiger partial charge in [0.1, 0.15) is 5.82 Å². The number of hydrogen-bond acceptors (Lipinski definition) is 4. The topological polar surface area (TPSA) is 54.2 Å². The average Bonchev–Trinajstić information content (AvgIpc) is 2.67. The van der Waals surface area contributed by atoms with Crippen molar-refractivity contribution >= 4 is 53.1 Å². The first-order valence-corrected chi connectivity index (χ1v) is 9.41. The van der Waals surface area contributed by atoms with Crippen molar-refractivity contribution in [3.63, 3.8) is 0 Å². The maximum absolute atomic E-state index is 6.56. The van der Waals surface area contributed by atoms with Gasteiger partial charge in [-0.1, -0.05) is 35.9 Å². The van der Waals surface area contributed by atoms with E-state index in [4.69, 9.17) is 22.3 Å². The first kappa shape index (κ1) is 22.7. The van der Waals surface area contributed by atoms with E-state index in [1.807, 2.05) is 13.0 Å². The molecule has 1 aliphatic heterocycles. The SMILES string of the molecule is C[C@@H](N)c1cccc(-c2ccc3nc(N4CCNCC4)c(Cl)cc3c2)c1.Cl.Cl.